The summed E-state index contributed by atoms with van der Waals surface area (Å²) in [6, 6.07) is 11.1. The van der Waals surface area contributed by atoms with E-state index in [2.05, 4.69) is 14.9 Å². The number of rotatable bonds is 3. The summed E-state index contributed by atoms with van der Waals surface area (Å²) < 4.78 is 46.6. The third-order valence-corrected chi connectivity index (χ3v) is 4.49. The van der Waals surface area contributed by atoms with E-state index in [1.165, 1.54) is 24.5 Å². The van der Waals surface area contributed by atoms with Gasteiger partial charge in [-0.2, -0.15) is 5.10 Å². The molecule has 3 aromatic rings. The van der Waals surface area contributed by atoms with Crippen LogP contribution in [-0.2, 0) is 6.54 Å². The van der Waals surface area contributed by atoms with Gasteiger partial charge in [0.2, 0.25) is 0 Å². The first-order valence-electron chi connectivity index (χ1n) is 8.79. The van der Waals surface area contributed by atoms with Crippen molar-refractivity contribution >= 4 is 5.91 Å². The number of alkyl halides is 3. The van der Waals surface area contributed by atoms with Crippen LogP contribution in [0.2, 0.25) is 0 Å². The number of aromatic amines is 1. The van der Waals surface area contributed by atoms with Crippen LogP contribution in [0.5, 0.6) is 11.5 Å². The van der Waals surface area contributed by atoms with E-state index in [0.29, 0.717) is 31.0 Å². The van der Waals surface area contributed by atoms with Crippen LogP contribution in [0.3, 0.4) is 0 Å². The highest BCUT2D eigenvalue weighted by Gasteiger charge is 2.31. The minimum atomic E-state index is -4.73. The van der Waals surface area contributed by atoms with Crippen LogP contribution in [0.4, 0.5) is 13.2 Å². The van der Waals surface area contributed by atoms with Gasteiger partial charge in [0.1, 0.15) is 18.1 Å². The molecule has 0 saturated heterocycles. The molecule has 1 aromatic heterocycles. The molecule has 0 fully saturated rings. The number of halogens is 3. The Morgan fingerprint density at radius 1 is 1.14 bits per heavy atom. The highest BCUT2D eigenvalue weighted by atomic mass is 19.4. The highest BCUT2D eigenvalue weighted by molar-refractivity contribution is 5.93. The predicted octanol–water partition coefficient (Wildman–Crippen LogP) is 4.01. The maximum atomic E-state index is 12.6. The molecule has 150 valence electrons. The molecule has 9 heteroatoms. The Bertz CT molecular complexity index is 1000. The zero-order chi connectivity index (χ0) is 20.4. The van der Waals surface area contributed by atoms with Gasteiger partial charge in [-0.05, 0) is 35.4 Å². The first kappa shape index (κ1) is 18.9. The van der Waals surface area contributed by atoms with E-state index in [4.69, 9.17) is 4.74 Å². The van der Waals surface area contributed by atoms with Crippen molar-refractivity contribution in [3.63, 3.8) is 0 Å². The fourth-order valence-corrected chi connectivity index (χ4v) is 3.15. The topological polar surface area (TPSA) is 67.5 Å². The van der Waals surface area contributed by atoms with Crippen molar-refractivity contribution in [2.75, 3.05) is 13.2 Å². The second-order valence-corrected chi connectivity index (χ2v) is 6.46. The van der Waals surface area contributed by atoms with Crippen molar-refractivity contribution < 1.29 is 27.4 Å². The quantitative estimate of drug-likeness (QED) is 0.718. The summed E-state index contributed by atoms with van der Waals surface area (Å²) in [5.41, 5.74) is 2.79. The maximum Gasteiger partial charge on any atom is 0.573 e. The summed E-state index contributed by atoms with van der Waals surface area (Å²) in [4.78, 5) is 14.3. The Morgan fingerprint density at radius 3 is 2.59 bits per heavy atom. The van der Waals surface area contributed by atoms with Gasteiger partial charge in [-0.25, -0.2) is 0 Å². The number of ether oxygens (including phenoxy) is 2. The molecular formula is C20H16F3N3O3. The number of carbonyl (C=O) groups excluding carboxylic acids is 1. The van der Waals surface area contributed by atoms with Crippen molar-refractivity contribution in [2.24, 2.45) is 0 Å². The lowest BCUT2D eigenvalue weighted by atomic mass is 10.0. The van der Waals surface area contributed by atoms with Crippen molar-refractivity contribution in [1.82, 2.24) is 15.1 Å². The Morgan fingerprint density at radius 2 is 1.90 bits per heavy atom. The lowest BCUT2D eigenvalue weighted by molar-refractivity contribution is -0.274. The third kappa shape index (κ3) is 4.34. The number of hydrogen-bond donors (Lipinski definition) is 1. The van der Waals surface area contributed by atoms with Crippen LogP contribution in [0, 0.1) is 0 Å². The molecule has 0 atom stereocenters. The van der Waals surface area contributed by atoms with E-state index in [1.54, 1.807) is 23.1 Å². The minimum absolute atomic E-state index is 0.158. The van der Waals surface area contributed by atoms with Gasteiger partial charge in [-0.15, -0.1) is 13.2 Å². The molecule has 0 aliphatic carbocycles. The number of fused-ring (bicyclic) bond motifs is 1. The first-order chi connectivity index (χ1) is 13.9. The minimum Gasteiger partial charge on any atom is -0.491 e. The molecule has 29 heavy (non-hydrogen) atoms. The monoisotopic (exact) mass is 403 g/mol. The summed E-state index contributed by atoms with van der Waals surface area (Å²) in [6.45, 7) is 1.14. The molecule has 0 radical (unpaired) electrons. The van der Waals surface area contributed by atoms with Gasteiger partial charge in [0.15, 0.2) is 0 Å². The van der Waals surface area contributed by atoms with Gasteiger partial charge < -0.3 is 14.4 Å². The molecule has 0 spiro atoms. The number of carbonyl (C=O) groups is 1. The number of aromatic nitrogens is 2. The van der Waals surface area contributed by atoms with Crippen LogP contribution < -0.4 is 9.47 Å². The smallest absolute Gasteiger partial charge is 0.491 e. The summed E-state index contributed by atoms with van der Waals surface area (Å²) >= 11 is 0. The van der Waals surface area contributed by atoms with Crippen LogP contribution in [-0.4, -0.2) is 40.5 Å². The maximum absolute atomic E-state index is 12.6. The van der Waals surface area contributed by atoms with Crippen molar-refractivity contribution in [3.8, 4) is 22.6 Å². The Balaban J connectivity index is 1.57. The Kier molecular flexibility index (Phi) is 4.87. The van der Waals surface area contributed by atoms with E-state index in [1.807, 2.05) is 12.1 Å². The third-order valence-electron chi connectivity index (χ3n) is 4.49. The molecule has 1 aliphatic heterocycles. The number of nitrogens with zero attached hydrogens (tertiary/aromatic N) is 2. The van der Waals surface area contributed by atoms with Crippen LogP contribution in [0.25, 0.3) is 11.1 Å². The summed E-state index contributed by atoms with van der Waals surface area (Å²) in [6.07, 6.45) is -1.72. The number of amides is 1. The second-order valence-electron chi connectivity index (χ2n) is 6.46. The van der Waals surface area contributed by atoms with Gasteiger partial charge in [0, 0.05) is 18.3 Å². The average molecular weight is 403 g/mol. The largest absolute Gasteiger partial charge is 0.573 e. The van der Waals surface area contributed by atoms with E-state index >= 15 is 0 Å². The fraction of sp³-hybridized carbons (Fsp3) is 0.200. The molecule has 1 N–H and O–H groups in total. The van der Waals surface area contributed by atoms with Crippen LogP contribution in [0.15, 0.2) is 54.9 Å². The molecule has 0 saturated carbocycles. The fourth-order valence-electron chi connectivity index (χ4n) is 3.15. The molecule has 2 heterocycles. The standard InChI is InChI=1S/C20H16F3N3O3/c21-20(22,23)29-17-4-1-13(2-5-17)14-3-6-18-15(9-14)12-26(7-8-28-18)19(27)16-10-24-25-11-16/h1-6,9-11H,7-8,12H2,(H,24,25). The van der Waals surface area contributed by atoms with Crippen LogP contribution >= 0.6 is 0 Å². The van der Waals surface area contributed by atoms with Gasteiger partial charge in [0.25, 0.3) is 5.91 Å². The van der Waals surface area contributed by atoms with Crippen molar-refractivity contribution in [2.45, 2.75) is 12.9 Å². The lowest BCUT2D eigenvalue weighted by Crippen LogP contribution is -2.32. The van der Waals surface area contributed by atoms with Gasteiger partial charge in [0.05, 0.1) is 18.3 Å². The SMILES string of the molecule is O=C(c1cn[nH]c1)N1CCOc2ccc(-c3ccc(OC(F)(F)F)cc3)cc2C1. The summed E-state index contributed by atoms with van der Waals surface area (Å²) in [5.74, 6) is 0.235. The zero-order valence-electron chi connectivity index (χ0n) is 15.1. The lowest BCUT2D eigenvalue weighted by Gasteiger charge is -2.19. The average Bonchev–Trinajstić information content (AvgIpc) is 3.13. The van der Waals surface area contributed by atoms with Gasteiger partial charge in [-0.1, -0.05) is 18.2 Å². The van der Waals surface area contributed by atoms with Gasteiger partial charge >= 0.3 is 6.36 Å². The molecule has 2 aromatic carbocycles. The highest BCUT2D eigenvalue weighted by Crippen LogP contribution is 2.31. The summed E-state index contributed by atoms with van der Waals surface area (Å²) in [5, 5.41) is 6.43. The van der Waals surface area contributed by atoms with E-state index in [9.17, 15) is 18.0 Å². The molecule has 4 rings (SSSR count). The van der Waals surface area contributed by atoms with E-state index in [-0.39, 0.29) is 11.7 Å². The molecule has 0 bridgehead atoms. The van der Waals surface area contributed by atoms with Gasteiger partial charge in [-0.3, -0.25) is 9.89 Å². The van der Waals surface area contributed by atoms with E-state index in [0.717, 1.165) is 16.7 Å². The molecule has 0 unspecified atom stereocenters. The van der Waals surface area contributed by atoms with E-state index < -0.39 is 6.36 Å². The normalized spacial score (nSPS) is 14.0. The van der Waals surface area contributed by atoms with Crippen molar-refractivity contribution in [3.05, 3.63) is 66.0 Å². The zero-order valence-corrected chi connectivity index (χ0v) is 15.1. The second kappa shape index (κ2) is 7.50. The molecular weight excluding hydrogens is 387 g/mol. The number of nitrogens with one attached hydrogen (secondary N) is 1. The first-order valence-corrected chi connectivity index (χ1v) is 8.79. The van der Waals surface area contributed by atoms with Crippen molar-refractivity contribution in [1.29, 1.82) is 0 Å². The Labute approximate surface area is 163 Å². The molecule has 1 aliphatic rings. The number of H-pyrrole nitrogens is 1. The van der Waals surface area contributed by atoms with Crippen LogP contribution in [0.1, 0.15) is 15.9 Å². The predicted molar refractivity (Wildman–Crippen MR) is 97.4 cm³/mol. The summed E-state index contributed by atoms with van der Waals surface area (Å²) in [7, 11) is 0. The number of hydrogen-bond acceptors (Lipinski definition) is 4. The molecule has 1 amide bonds. The Hall–Kier alpha value is -3.49. The number of benzene rings is 2. The molecule has 6 nitrogen and oxygen atoms in total.